The Kier molecular flexibility index (Phi) is 6.31. The van der Waals surface area contributed by atoms with Crippen molar-refractivity contribution in [3.05, 3.63) is 64.1 Å². The van der Waals surface area contributed by atoms with E-state index in [0.29, 0.717) is 5.56 Å². The summed E-state index contributed by atoms with van der Waals surface area (Å²) in [4.78, 5) is 16.8. The molecule has 0 atom stereocenters. The van der Waals surface area contributed by atoms with Crippen LogP contribution in [0.2, 0.25) is 0 Å². The van der Waals surface area contributed by atoms with Gasteiger partial charge in [0.05, 0.1) is 4.90 Å². The number of hydrogen-bond donors (Lipinski definition) is 1. The monoisotopic (exact) mass is 451 g/mol. The smallest absolute Gasteiger partial charge is 0.253 e. The van der Waals surface area contributed by atoms with E-state index < -0.39 is 10.0 Å². The highest BCUT2D eigenvalue weighted by atomic mass is 79.9. The lowest BCUT2D eigenvalue weighted by atomic mass is 10.1. The van der Waals surface area contributed by atoms with E-state index in [2.05, 4.69) is 25.6 Å². The minimum atomic E-state index is -3.57. The van der Waals surface area contributed by atoms with Crippen molar-refractivity contribution < 1.29 is 13.2 Å². The first-order valence-corrected chi connectivity index (χ1v) is 10.9. The highest BCUT2D eigenvalue weighted by molar-refractivity contribution is 9.10. The maximum Gasteiger partial charge on any atom is 0.253 e. The van der Waals surface area contributed by atoms with Gasteiger partial charge in [-0.15, -0.1) is 0 Å². The second-order valence-electron chi connectivity index (χ2n) is 6.57. The number of carbonyl (C=O) groups excluding carboxylic acids is 1. The van der Waals surface area contributed by atoms with Crippen molar-refractivity contribution >= 4 is 31.9 Å². The number of amides is 1. The van der Waals surface area contributed by atoms with E-state index in [1.807, 2.05) is 11.9 Å². The lowest BCUT2D eigenvalue weighted by Crippen LogP contribution is -2.47. The third-order valence-electron chi connectivity index (χ3n) is 4.58. The molecule has 144 valence electrons. The molecule has 0 saturated carbocycles. The first kappa shape index (κ1) is 20.0. The third kappa shape index (κ3) is 5.16. The molecule has 8 heteroatoms. The van der Waals surface area contributed by atoms with Crippen LogP contribution in [0, 0.1) is 0 Å². The molecular weight excluding hydrogens is 430 g/mol. The number of carbonyl (C=O) groups is 1. The molecule has 0 unspecified atom stereocenters. The van der Waals surface area contributed by atoms with Gasteiger partial charge >= 0.3 is 0 Å². The fourth-order valence-electron chi connectivity index (χ4n) is 2.83. The van der Waals surface area contributed by atoms with Gasteiger partial charge in [0, 0.05) is 42.8 Å². The molecule has 0 bridgehead atoms. The Hall–Kier alpha value is -1.74. The summed E-state index contributed by atoms with van der Waals surface area (Å²) in [5.41, 5.74) is 1.42. The van der Waals surface area contributed by atoms with E-state index in [9.17, 15) is 13.2 Å². The number of piperazine rings is 1. The maximum atomic E-state index is 12.5. The van der Waals surface area contributed by atoms with Gasteiger partial charge < -0.3 is 9.80 Å². The van der Waals surface area contributed by atoms with Crippen molar-refractivity contribution in [2.75, 3.05) is 33.2 Å². The van der Waals surface area contributed by atoms with Crippen LogP contribution in [0.1, 0.15) is 15.9 Å². The van der Waals surface area contributed by atoms with Crippen LogP contribution in [0.5, 0.6) is 0 Å². The molecule has 1 heterocycles. The average molecular weight is 452 g/mol. The number of sulfonamides is 1. The lowest BCUT2D eigenvalue weighted by Gasteiger charge is -2.32. The SMILES string of the molecule is CN1CCN(C(=O)c2ccc(CNS(=O)(=O)c3ccc(Br)cc3)cc2)CC1. The summed E-state index contributed by atoms with van der Waals surface area (Å²) in [6, 6.07) is 13.5. The molecule has 0 aliphatic carbocycles. The Morgan fingerprint density at radius 3 is 2.19 bits per heavy atom. The van der Waals surface area contributed by atoms with Gasteiger partial charge in [-0.05, 0) is 49.0 Å². The number of halogens is 1. The minimum absolute atomic E-state index is 0.0186. The van der Waals surface area contributed by atoms with Crippen molar-refractivity contribution in [1.82, 2.24) is 14.5 Å². The Morgan fingerprint density at radius 1 is 1.00 bits per heavy atom. The van der Waals surface area contributed by atoms with Crippen LogP contribution in [0.15, 0.2) is 57.9 Å². The van der Waals surface area contributed by atoms with E-state index in [1.54, 1.807) is 48.5 Å². The van der Waals surface area contributed by atoms with E-state index >= 15 is 0 Å². The van der Waals surface area contributed by atoms with E-state index in [1.165, 1.54) is 0 Å². The van der Waals surface area contributed by atoms with Crippen LogP contribution in [-0.2, 0) is 16.6 Å². The topological polar surface area (TPSA) is 69.7 Å². The van der Waals surface area contributed by atoms with Crippen LogP contribution in [0.25, 0.3) is 0 Å². The molecule has 2 aromatic carbocycles. The zero-order valence-electron chi connectivity index (χ0n) is 15.1. The molecule has 0 spiro atoms. The van der Waals surface area contributed by atoms with Crippen LogP contribution in [0.3, 0.4) is 0 Å². The number of hydrogen-bond acceptors (Lipinski definition) is 4. The number of nitrogens with zero attached hydrogens (tertiary/aromatic N) is 2. The Morgan fingerprint density at radius 2 is 1.59 bits per heavy atom. The summed E-state index contributed by atoms with van der Waals surface area (Å²) in [6.45, 7) is 3.37. The van der Waals surface area contributed by atoms with Gasteiger partial charge in [0.1, 0.15) is 0 Å². The molecule has 1 aliphatic heterocycles. The van der Waals surface area contributed by atoms with Crippen molar-refractivity contribution in [3.8, 4) is 0 Å². The molecule has 1 N–H and O–H groups in total. The lowest BCUT2D eigenvalue weighted by molar-refractivity contribution is 0.0664. The molecule has 1 aliphatic rings. The van der Waals surface area contributed by atoms with Crippen LogP contribution < -0.4 is 4.72 Å². The van der Waals surface area contributed by atoms with Crippen LogP contribution in [0.4, 0.5) is 0 Å². The maximum absolute atomic E-state index is 12.5. The predicted octanol–water partition coefficient (Wildman–Crippen LogP) is 2.32. The first-order valence-electron chi connectivity index (χ1n) is 8.67. The zero-order valence-corrected chi connectivity index (χ0v) is 17.5. The van der Waals surface area contributed by atoms with Crippen LogP contribution in [-0.4, -0.2) is 57.4 Å². The van der Waals surface area contributed by atoms with Crippen molar-refractivity contribution in [1.29, 1.82) is 0 Å². The first-order chi connectivity index (χ1) is 12.8. The molecule has 0 aromatic heterocycles. The van der Waals surface area contributed by atoms with Crippen LogP contribution >= 0.6 is 15.9 Å². The van der Waals surface area contributed by atoms with Gasteiger partial charge in [0.25, 0.3) is 5.91 Å². The second-order valence-corrected chi connectivity index (χ2v) is 9.25. The van der Waals surface area contributed by atoms with Crippen molar-refractivity contribution in [3.63, 3.8) is 0 Å². The Labute approximate surface area is 168 Å². The number of rotatable bonds is 5. The average Bonchev–Trinajstić information content (AvgIpc) is 2.67. The summed E-state index contributed by atoms with van der Waals surface area (Å²) < 4.78 is 28.1. The number of benzene rings is 2. The quantitative estimate of drug-likeness (QED) is 0.756. The molecule has 2 aromatic rings. The summed E-state index contributed by atoms with van der Waals surface area (Å²) in [6.07, 6.45) is 0. The highest BCUT2D eigenvalue weighted by Crippen LogP contribution is 2.15. The van der Waals surface area contributed by atoms with Gasteiger partial charge in [0.15, 0.2) is 0 Å². The largest absolute Gasteiger partial charge is 0.336 e. The molecular formula is C19H22BrN3O3S. The second kappa shape index (κ2) is 8.52. The Balaban J connectivity index is 1.60. The van der Waals surface area contributed by atoms with Crippen molar-refractivity contribution in [2.45, 2.75) is 11.4 Å². The molecule has 3 rings (SSSR count). The molecule has 1 fully saturated rings. The van der Waals surface area contributed by atoms with E-state index in [4.69, 9.17) is 0 Å². The third-order valence-corrected chi connectivity index (χ3v) is 6.53. The summed E-state index contributed by atoms with van der Waals surface area (Å²) in [5, 5.41) is 0. The predicted molar refractivity (Wildman–Crippen MR) is 108 cm³/mol. The number of likely N-dealkylation sites (N-methyl/N-ethyl adjacent to an activating group) is 1. The van der Waals surface area contributed by atoms with Gasteiger partial charge in [-0.3, -0.25) is 4.79 Å². The fraction of sp³-hybridized carbons (Fsp3) is 0.316. The zero-order chi connectivity index (χ0) is 19.4. The molecule has 0 radical (unpaired) electrons. The molecule has 6 nitrogen and oxygen atoms in total. The summed E-state index contributed by atoms with van der Waals surface area (Å²) in [5.74, 6) is 0.0186. The van der Waals surface area contributed by atoms with E-state index in [-0.39, 0.29) is 17.3 Å². The van der Waals surface area contributed by atoms with E-state index in [0.717, 1.165) is 36.2 Å². The standard InChI is InChI=1S/C19H22BrN3O3S/c1-22-10-12-23(13-11-22)19(24)16-4-2-15(3-5-16)14-21-27(25,26)18-8-6-17(20)7-9-18/h2-9,21H,10-14H2,1H3. The summed E-state index contributed by atoms with van der Waals surface area (Å²) >= 11 is 3.29. The van der Waals surface area contributed by atoms with Crippen molar-refractivity contribution in [2.24, 2.45) is 0 Å². The van der Waals surface area contributed by atoms with Gasteiger partial charge in [-0.25, -0.2) is 13.1 Å². The molecule has 1 amide bonds. The fourth-order valence-corrected chi connectivity index (χ4v) is 4.11. The highest BCUT2D eigenvalue weighted by Gasteiger charge is 2.20. The molecule has 1 saturated heterocycles. The minimum Gasteiger partial charge on any atom is -0.336 e. The normalized spacial score (nSPS) is 15.7. The summed E-state index contributed by atoms with van der Waals surface area (Å²) in [7, 11) is -1.53. The van der Waals surface area contributed by atoms with Gasteiger partial charge in [-0.2, -0.15) is 0 Å². The Bertz CT molecular complexity index is 891. The van der Waals surface area contributed by atoms with Gasteiger partial charge in [0.2, 0.25) is 10.0 Å². The molecule has 27 heavy (non-hydrogen) atoms. The van der Waals surface area contributed by atoms with Gasteiger partial charge in [-0.1, -0.05) is 28.1 Å². The number of nitrogens with one attached hydrogen (secondary N) is 1.